The molecule has 3 rings (SSSR count). The molecule has 7 heteroatoms. The van der Waals surface area contributed by atoms with Crippen molar-refractivity contribution in [1.82, 2.24) is 5.43 Å². The lowest BCUT2D eigenvalue weighted by atomic mass is 10.1. The Balaban J connectivity index is 1.54. The summed E-state index contributed by atoms with van der Waals surface area (Å²) in [5, 5.41) is 5.26. The number of nitrogens with zero attached hydrogens (tertiary/aromatic N) is 1. The highest BCUT2D eigenvalue weighted by Gasteiger charge is 2.07. The Morgan fingerprint density at radius 1 is 1.07 bits per heavy atom. The van der Waals surface area contributed by atoms with Crippen LogP contribution in [0.15, 0.2) is 52.0 Å². The fraction of sp³-hybridized carbons (Fsp3) is 0.182. The van der Waals surface area contributed by atoms with Gasteiger partial charge in [-0.3, -0.25) is 4.79 Å². The second-order valence-electron chi connectivity index (χ2n) is 6.62. The number of benzene rings is 2. The topological polar surface area (TPSA) is 63.8 Å². The first-order chi connectivity index (χ1) is 13.8. The molecule has 29 heavy (non-hydrogen) atoms. The molecule has 0 unspecified atom stereocenters. The summed E-state index contributed by atoms with van der Waals surface area (Å²) in [5.41, 5.74) is 6.06. The zero-order chi connectivity index (χ0) is 21.0. The number of aryl methyl sites for hydroxylation is 3. The summed E-state index contributed by atoms with van der Waals surface area (Å²) in [5.74, 6) is 1.36. The minimum absolute atomic E-state index is 0.164. The lowest BCUT2D eigenvalue weighted by Gasteiger charge is -2.09. The molecule has 150 valence electrons. The molecule has 0 aliphatic heterocycles. The normalized spacial score (nSPS) is 11.1. The summed E-state index contributed by atoms with van der Waals surface area (Å²) in [7, 11) is 0. The third-order valence-electron chi connectivity index (χ3n) is 4.24. The maximum atomic E-state index is 11.9. The number of amides is 1. The van der Waals surface area contributed by atoms with Gasteiger partial charge >= 0.3 is 0 Å². The fourth-order valence-electron chi connectivity index (χ4n) is 2.66. The second-order valence-corrected chi connectivity index (χ2v) is 7.40. The molecule has 1 amide bonds. The largest absolute Gasteiger partial charge is 0.484 e. The highest BCUT2D eigenvalue weighted by molar-refractivity contribution is 6.32. The van der Waals surface area contributed by atoms with Crippen LogP contribution >= 0.6 is 23.2 Å². The fourth-order valence-corrected chi connectivity index (χ4v) is 2.95. The molecule has 0 radical (unpaired) electrons. The van der Waals surface area contributed by atoms with Gasteiger partial charge < -0.3 is 9.15 Å². The van der Waals surface area contributed by atoms with E-state index in [1.807, 2.05) is 45.0 Å². The maximum absolute atomic E-state index is 11.9. The summed E-state index contributed by atoms with van der Waals surface area (Å²) in [6.07, 6.45) is 1.42. The predicted octanol–water partition coefficient (Wildman–Crippen LogP) is 5.71. The van der Waals surface area contributed by atoms with E-state index in [-0.39, 0.29) is 12.5 Å². The van der Waals surface area contributed by atoms with E-state index in [0.717, 1.165) is 22.3 Å². The van der Waals surface area contributed by atoms with E-state index in [9.17, 15) is 4.79 Å². The molecule has 0 saturated carbocycles. The van der Waals surface area contributed by atoms with Gasteiger partial charge in [-0.1, -0.05) is 35.3 Å². The van der Waals surface area contributed by atoms with E-state index >= 15 is 0 Å². The Kier molecular flexibility index (Phi) is 6.62. The first-order valence-electron chi connectivity index (χ1n) is 8.91. The van der Waals surface area contributed by atoms with Crippen LogP contribution in [-0.2, 0) is 4.79 Å². The molecule has 1 N–H and O–H groups in total. The number of nitrogens with one attached hydrogen (secondary N) is 1. The molecular formula is C22H20Cl2N2O3. The summed E-state index contributed by atoms with van der Waals surface area (Å²) < 4.78 is 11.2. The molecule has 0 bridgehead atoms. The average molecular weight is 431 g/mol. The number of halogens is 2. The van der Waals surface area contributed by atoms with Gasteiger partial charge in [-0.15, -0.1) is 0 Å². The van der Waals surface area contributed by atoms with Crippen LogP contribution in [0.3, 0.4) is 0 Å². The maximum Gasteiger partial charge on any atom is 0.277 e. The van der Waals surface area contributed by atoms with Gasteiger partial charge in [-0.25, -0.2) is 5.43 Å². The van der Waals surface area contributed by atoms with Crippen molar-refractivity contribution in [3.05, 3.63) is 75.0 Å². The molecule has 0 saturated heterocycles. The Hall–Kier alpha value is -2.76. The van der Waals surface area contributed by atoms with Gasteiger partial charge in [0.2, 0.25) is 0 Å². The number of furan rings is 1. The first-order valence-corrected chi connectivity index (χ1v) is 9.67. The van der Waals surface area contributed by atoms with E-state index < -0.39 is 0 Å². The minimum Gasteiger partial charge on any atom is -0.484 e. The quantitative estimate of drug-likeness (QED) is 0.402. The number of hydrogen-bond acceptors (Lipinski definition) is 4. The summed E-state index contributed by atoms with van der Waals surface area (Å²) in [4.78, 5) is 11.9. The summed E-state index contributed by atoms with van der Waals surface area (Å²) in [6.45, 7) is 5.54. The first kappa shape index (κ1) is 21.0. The van der Waals surface area contributed by atoms with Crippen molar-refractivity contribution in [1.29, 1.82) is 0 Å². The number of carbonyl (C=O) groups excluding carboxylic acids is 1. The van der Waals surface area contributed by atoms with Crippen LogP contribution in [0.2, 0.25) is 10.0 Å². The van der Waals surface area contributed by atoms with Gasteiger partial charge in [-0.2, -0.15) is 5.10 Å². The van der Waals surface area contributed by atoms with Gasteiger partial charge in [-0.05, 0) is 67.8 Å². The SMILES string of the molecule is Cc1ccc(-c2ccc(/C=N/NC(=O)COc3cc(C)c(Cl)c(C)c3)o2)cc1Cl. The zero-order valence-corrected chi connectivity index (χ0v) is 17.8. The second kappa shape index (κ2) is 9.16. The van der Waals surface area contributed by atoms with E-state index in [0.29, 0.717) is 27.3 Å². The van der Waals surface area contributed by atoms with Crippen LogP contribution in [0, 0.1) is 20.8 Å². The number of rotatable bonds is 6. The zero-order valence-electron chi connectivity index (χ0n) is 16.3. The number of hydrogen-bond donors (Lipinski definition) is 1. The molecule has 5 nitrogen and oxygen atoms in total. The van der Waals surface area contributed by atoms with Crippen molar-refractivity contribution in [2.45, 2.75) is 20.8 Å². The standard InChI is InChI=1S/C22H20Cl2N2O3/c1-13-4-5-16(10-19(13)23)20-7-6-17(29-20)11-25-26-21(27)12-28-18-8-14(2)22(24)15(3)9-18/h4-11H,12H2,1-3H3,(H,26,27)/b25-11+. The Bertz CT molecular complexity index is 1050. The molecular weight excluding hydrogens is 411 g/mol. The molecule has 0 spiro atoms. The van der Waals surface area contributed by atoms with E-state index in [1.165, 1.54) is 6.21 Å². The van der Waals surface area contributed by atoms with Gasteiger partial charge in [0.15, 0.2) is 6.61 Å². The summed E-state index contributed by atoms with van der Waals surface area (Å²) >= 11 is 12.3. The van der Waals surface area contributed by atoms with Crippen molar-refractivity contribution in [3.63, 3.8) is 0 Å². The summed E-state index contributed by atoms with van der Waals surface area (Å²) in [6, 6.07) is 12.8. The van der Waals surface area contributed by atoms with E-state index in [4.69, 9.17) is 32.4 Å². The molecule has 1 heterocycles. The van der Waals surface area contributed by atoms with Crippen molar-refractivity contribution in [3.8, 4) is 17.1 Å². The molecule has 0 aliphatic rings. The Morgan fingerprint density at radius 3 is 2.48 bits per heavy atom. The lowest BCUT2D eigenvalue weighted by Crippen LogP contribution is -2.24. The number of ether oxygens (including phenoxy) is 1. The van der Waals surface area contributed by atoms with Gasteiger partial charge in [0.1, 0.15) is 17.3 Å². The molecule has 0 fully saturated rings. The molecule has 3 aromatic rings. The molecule has 2 aromatic carbocycles. The highest BCUT2D eigenvalue weighted by atomic mass is 35.5. The van der Waals surface area contributed by atoms with Crippen LogP contribution < -0.4 is 10.2 Å². The van der Waals surface area contributed by atoms with Gasteiger partial charge in [0.25, 0.3) is 5.91 Å². The van der Waals surface area contributed by atoms with Gasteiger partial charge in [0.05, 0.1) is 6.21 Å². The Labute approximate surface area is 179 Å². The predicted molar refractivity (Wildman–Crippen MR) is 116 cm³/mol. The van der Waals surface area contributed by atoms with Crippen LogP contribution in [0.25, 0.3) is 11.3 Å². The van der Waals surface area contributed by atoms with Crippen molar-refractivity contribution in [2.24, 2.45) is 5.10 Å². The smallest absolute Gasteiger partial charge is 0.277 e. The minimum atomic E-state index is -0.386. The van der Waals surface area contributed by atoms with E-state index in [2.05, 4.69) is 10.5 Å². The van der Waals surface area contributed by atoms with Crippen molar-refractivity contribution >= 4 is 35.3 Å². The van der Waals surface area contributed by atoms with Crippen LogP contribution in [0.5, 0.6) is 5.75 Å². The monoisotopic (exact) mass is 430 g/mol. The van der Waals surface area contributed by atoms with Gasteiger partial charge in [0, 0.05) is 15.6 Å². The molecule has 1 aromatic heterocycles. The molecule has 0 atom stereocenters. The van der Waals surface area contributed by atoms with Crippen LogP contribution in [0.4, 0.5) is 0 Å². The van der Waals surface area contributed by atoms with E-state index in [1.54, 1.807) is 18.2 Å². The van der Waals surface area contributed by atoms with Crippen LogP contribution in [-0.4, -0.2) is 18.7 Å². The third-order valence-corrected chi connectivity index (χ3v) is 5.25. The molecule has 0 aliphatic carbocycles. The third kappa shape index (κ3) is 5.40. The Morgan fingerprint density at radius 2 is 1.79 bits per heavy atom. The van der Waals surface area contributed by atoms with Crippen molar-refractivity contribution < 1.29 is 13.9 Å². The van der Waals surface area contributed by atoms with Crippen molar-refractivity contribution in [2.75, 3.05) is 6.61 Å². The van der Waals surface area contributed by atoms with Crippen LogP contribution in [0.1, 0.15) is 22.5 Å². The lowest BCUT2D eigenvalue weighted by molar-refractivity contribution is -0.123. The average Bonchev–Trinajstić information content (AvgIpc) is 3.15. The highest BCUT2D eigenvalue weighted by Crippen LogP contribution is 2.27. The number of carbonyl (C=O) groups is 1. The number of hydrazone groups is 1.